The van der Waals surface area contributed by atoms with Gasteiger partial charge in [0.05, 0.1) is 25.1 Å². The van der Waals surface area contributed by atoms with Crippen LogP contribution < -0.4 is 0 Å². The van der Waals surface area contributed by atoms with Crippen LogP contribution in [0.2, 0.25) is 5.02 Å². The van der Waals surface area contributed by atoms with Crippen LogP contribution in [0.25, 0.3) is 11.3 Å². The Hall–Kier alpha value is -1.85. The van der Waals surface area contributed by atoms with Crippen molar-refractivity contribution in [2.24, 2.45) is 0 Å². The number of H-pyrrole nitrogens is 1. The molecule has 1 fully saturated rings. The summed E-state index contributed by atoms with van der Waals surface area (Å²) in [5.41, 5.74) is 1.67. The number of esters is 1. The first kappa shape index (κ1) is 13.1. The van der Waals surface area contributed by atoms with Crippen LogP contribution in [0.3, 0.4) is 0 Å². The number of carbonyl (C=O) groups excluding carboxylic acids is 1. The van der Waals surface area contributed by atoms with Crippen molar-refractivity contribution in [1.82, 2.24) is 10.2 Å². The van der Waals surface area contributed by atoms with E-state index >= 15 is 0 Å². The molecule has 0 unspecified atom stereocenters. The van der Waals surface area contributed by atoms with Gasteiger partial charge in [0.2, 0.25) is 0 Å². The van der Waals surface area contributed by atoms with Gasteiger partial charge in [0, 0.05) is 17.0 Å². The number of benzene rings is 1. The van der Waals surface area contributed by atoms with Crippen molar-refractivity contribution in [3.05, 3.63) is 41.0 Å². The molecule has 0 aliphatic carbocycles. The summed E-state index contributed by atoms with van der Waals surface area (Å²) in [4.78, 5) is 12.2. The van der Waals surface area contributed by atoms with Gasteiger partial charge in [0.25, 0.3) is 0 Å². The highest BCUT2D eigenvalue weighted by Crippen LogP contribution is 2.29. The van der Waals surface area contributed by atoms with Gasteiger partial charge in [0.15, 0.2) is 0 Å². The number of carbonyl (C=O) groups is 1. The summed E-state index contributed by atoms with van der Waals surface area (Å²) in [5, 5.41) is 7.27. The van der Waals surface area contributed by atoms with Gasteiger partial charge in [-0.05, 0) is 6.07 Å². The normalized spacial score (nSPS) is 18.1. The Bertz CT molecular complexity index is 620. The summed E-state index contributed by atoms with van der Waals surface area (Å²) >= 11 is 6.14. The highest BCUT2D eigenvalue weighted by molar-refractivity contribution is 6.33. The Morgan fingerprint density at radius 1 is 1.45 bits per heavy atom. The lowest BCUT2D eigenvalue weighted by Gasteiger charge is -2.10. The lowest BCUT2D eigenvalue weighted by Crippen LogP contribution is -2.18. The van der Waals surface area contributed by atoms with Crippen molar-refractivity contribution in [3.63, 3.8) is 0 Å². The van der Waals surface area contributed by atoms with Crippen LogP contribution in [0.15, 0.2) is 30.5 Å². The van der Waals surface area contributed by atoms with Crippen molar-refractivity contribution >= 4 is 17.6 Å². The molecule has 1 aromatic carbocycles. The topological polar surface area (TPSA) is 64.2 Å². The molecule has 0 amide bonds. The standard InChI is InChI=1S/C14H13ClN2O3/c15-12-4-2-1-3-10(12)13-11(7-16-17-13)14(18)20-9-5-6-19-8-9/h1-4,7,9H,5-6,8H2,(H,16,17)/t9-/m0/s1. The highest BCUT2D eigenvalue weighted by atomic mass is 35.5. The second kappa shape index (κ2) is 5.64. The minimum absolute atomic E-state index is 0.184. The van der Waals surface area contributed by atoms with E-state index in [0.29, 0.717) is 29.5 Å². The van der Waals surface area contributed by atoms with Gasteiger partial charge >= 0.3 is 5.97 Å². The van der Waals surface area contributed by atoms with Crippen molar-refractivity contribution in [3.8, 4) is 11.3 Å². The fourth-order valence-electron chi connectivity index (χ4n) is 2.13. The first-order valence-corrected chi connectivity index (χ1v) is 6.70. The third kappa shape index (κ3) is 2.55. The predicted molar refractivity (Wildman–Crippen MR) is 73.7 cm³/mol. The summed E-state index contributed by atoms with van der Waals surface area (Å²) < 4.78 is 10.6. The number of aromatic amines is 1. The Balaban J connectivity index is 1.86. The second-order valence-electron chi connectivity index (χ2n) is 4.53. The minimum Gasteiger partial charge on any atom is -0.456 e. The van der Waals surface area contributed by atoms with Crippen LogP contribution in [0.5, 0.6) is 0 Å². The number of aromatic nitrogens is 2. The van der Waals surface area contributed by atoms with Crippen LogP contribution in [-0.2, 0) is 9.47 Å². The molecule has 1 aliphatic heterocycles. The molecule has 6 heteroatoms. The molecular formula is C14H13ClN2O3. The number of hydrogen-bond donors (Lipinski definition) is 1. The summed E-state index contributed by atoms with van der Waals surface area (Å²) in [6.45, 7) is 1.08. The molecule has 1 N–H and O–H groups in total. The Morgan fingerprint density at radius 3 is 3.05 bits per heavy atom. The molecular weight excluding hydrogens is 280 g/mol. The SMILES string of the molecule is O=C(O[C@H]1CCOC1)c1cn[nH]c1-c1ccccc1Cl. The van der Waals surface area contributed by atoms with Crippen molar-refractivity contribution in [1.29, 1.82) is 0 Å². The smallest absolute Gasteiger partial charge is 0.342 e. The van der Waals surface area contributed by atoms with Crippen molar-refractivity contribution in [2.45, 2.75) is 12.5 Å². The van der Waals surface area contributed by atoms with Crippen LogP contribution in [0, 0.1) is 0 Å². The number of hydrogen-bond acceptors (Lipinski definition) is 4. The summed E-state index contributed by atoms with van der Waals surface area (Å²) in [6, 6.07) is 7.26. The van der Waals surface area contributed by atoms with Gasteiger partial charge in [-0.3, -0.25) is 5.10 Å². The van der Waals surface area contributed by atoms with Crippen molar-refractivity contribution in [2.75, 3.05) is 13.2 Å². The van der Waals surface area contributed by atoms with Gasteiger partial charge in [-0.15, -0.1) is 0 Å². The molecule has 1 aliphatic rings. The van der Waals surface area contributed by atoms with E-state index in [9.17, 15) is 4.79 Å². The first-order valence-electron chi connectivity index (χ1n) is 6.32. The lowest BCUT2D eigenvalue weighted by atomic mass is 10.1. The van der Waals surface area contributed by atoms with Crippen molar-refractivity contribution < 1.29 is 14.3 Å². The fraction of sp³-hybridized carbons (Fsp3) is 0.286. The molecule has 104 valence electrons. The number of ether oxygens (including phenoxy) is 2. The third-order valence-electron chi connectivity index (χ3n) is 3.16. The maximum Gasteiger partial charge on any atom is 0.342 e. The van der Waals surface area contributed by atoms with E-state index in [1.165, 1.54) is 6.20 Å². The van der Waals surface area contributed by atoms with Gasteiger partial charge in [-0.2, -0.15) is 5.10 Å². The number of nitrogens with zero attached hydrogens (tertiary/aromatic N) is 1. The van der Waals surface area contributed by atoms with Crippen LogP contribution in [0.4, 0.5) is 0 Å². The van der Waals surface area contributed by atoms with E-state index in [4.69, 9.17) is 21.1 Å². The summed E-state index contributed by atoms with van der Waals surface area (Å²) in [5.74, 6) is -0.413. The molecule has 0 bridgehead atoms. The van der Waals surface area contributed by atoms with E-state index in [-0.39, 0.29) is 6.10 Å². The lowest BCUT2D eigenvalue weighted by molar-refractivity contribution is 0.0271. The number of nitrogens with one attached hydrogen (secondary N) is 1. The van der Waals surface area contributed by atoms with E-state index in [0.717, 1.165) is 12.0 Å². The molecule has 0 saturated carbocycles. The fourth-order valence-corrected chi connectivity index (χ4v) is 2.36. The minimum atomic E-state index is -0.413. The molecule has 2 aromatic rings. The van der Waals surface area contributed by atoms with E-state index in [2.05, 4.69) is 10.2 Å². The highest BCUT2D eigenvalue weighted by Gasteiger charge is 2.24. The maximum absolute atomic E-state index is 12.2. The Labute approximate surface area is 120 Å². The van der Waals surface area contributed by atoms with Gasteiger partial charge in [0.1, 0.15) is 11.7 Å². The Kier molecular flexibility index (Phi) is 3.71. The third-order valence-corrected chi connectivity index (χ3v) is 3.49. The van der Waals surface area contributed by atoms with E-state index in [1.807, 2.05) is 18.2 Å². The van der Waals surface area contributed by atoms with E-state index < -0.39 is 5.97 Å². The quantitative estimate of drug-likeness (QED) is 0.883. The zero-order valence-electron chi connectivity index (χ0n) is 10.6. The van der Waals surface area contributed by atoms with Crippen LogP contribution >= 0.6 is 11.6 Å². The maximum atomic E-state index is 12.2. The molecule has 5 nitrogen and oxygen atoms in total. The largest absolute Gasteiger partial charge is 0.456 e. The molecule has 0 spiro atoms. The zero-order chi connectivity index (χ0) is 13.9. The van der Waals surface area contributed by atoms with Gasteiger partial charge in [-0.25, -0.2) is 4.79 Å². The first-order chi connectivity index (χ1) is 9.75. The monoisotopic (exact) mass is 292 g/mol. The van der Waals surface area contributed by atoms with Crippen LogP contribution in [-0.4, -0.2) is 35.5 Å². The number of halogens is 1. The van der Waals surface area contributed by atoms with Crippen LogP contribution in [0.1, 0.15) is 16.8 Å². The van der Waals surface area contributed by atoms with Gasteiger partial charge in [-0.1, -0.05) is 29.8 Å². The molecule has 0 radical (unpaired) electrons. The van der Waals surface area contributed by atoms with Gasteiger partial charge < -0.3 is 9.47 Å². The molecule has 1 atom stereocenters. The number of rotatable bonds is 3. The molecule has 1 aromatic heterocycles. The predicted octanol–water partition coefficient (Wildman–Crippen LogP) is 2.68. The zero-order valence-corrected chi connectivity index (χ0v) is 11.4. The average Bonchev–Trinajstić information content (AvgIpc) is 3.09. The summed E-state index contributed by atoms with van der Waals surface area (Å²) in [6.07, 6.45) is 2.00. The Morgan fingerprint density at radius 2 is 2.30 bits per heavy atom. The molecule has 2 heterocycles. The van der Waals surface area contributed by atoms with E-state index in [1.54, 1.807) is 6.07 Å². The second-order valence-corrected chi connectivity index (χ2v) is 4.94. The summed E-state index contributed by atoms with van der Waals surface area (Å²) in [7, 11) is 0. The average molecular weight is 293 g/mol. The molecule has 3 rings (SSSR count). The molecule has 1 saturated heterocycles. The molecule has 20 heavy (non-hydrogen) atoms.